The Morgan fingerprint density at radius 1 is 0.773 bits per heavy atom. The van der Waals surface area contributed by atoms with Crippen LogP contribution in [0.3, 0.4) is 0 Å². The molecule has 0 saturated heterocycles. The number of rotatable bonds is 12. The normalized spacial score (nSPS) is 10.7. The Morgan fingerprint density at radius 2 is 1.45 bits per heavy atom. The quantitative estimate of drug-likeness (QED) is 0.140. The summed E-state index contributed by atoms with van der Waals surface area (Å²) >= 11 is 0. The highest BCUT2D eigenvalue weighted by atomic mass is 32.2. The topological polar surface area (TPSA) is 144 Å². The summed E-state index contributed by atoms with van der Waals surface area (Å²) in [5.41, 5.74) is 2.88. The van der Waals surface area contributed by atoms with Crippen LogP contribution in [0.2, 0.25) is 0 Å². The van der Waals surface area contributed by atoms with E-state index in [1.165, 1.54) is 14.2 Å². The van der Waals surface area contributed by atoms with Gasteiger partial charge in [-0.2, -0.15) is 0 Å². The van der Waals surface area contributed by atoms with Crippen molar-refractivity contribution >= 4 is 62.2 Å². The molecule has 1 amide bonds. The number of carbonyl (C=O) groups excluding carboxylic acids is 1. The molecule has 0 atom stereocenters. The maximum Gasteiger partial charge on any atom is 0.243 e. The van der Waals surface area contributed by atoms with E-state index in [9.17, 15) is 13.2 Å². The van der Waals surface area contributed by atoms with Gasteiger partial charge in [-0.25, -0.2) is 22.7 Å². The van der Waals surface area contributed by atoms with Crippen LogP contribution in [-0.4, -0.2) is 52.2 Å². The minimum Gasteiger partial charge on any atom is -0.497 e. The molecule has 0 aliphatic carbocycles. The van der Waals surface area contributed by atoms with Crippen LogP contribution in [0, 0.1) is 0 Å². The number of fused-ring (bicyclic) bond motifs is 1. The fraction of sp³-hybridized carbons (Fsp3) is 0.129. The second-order valence-electron chi connectivity index (χ2n) is 9.31. The Bertz CT molecular complexity index is 1850. The third-order valence-electron chi connectivity index (χ3n) is 6.45. The number of thiol groups is 1. The van der Waals surface area contributed by atoms with E-state index >= 15 is 0 Å². The van der Waals surface area contributed by atoms with Gasteiger partial charge in [-0.1, -0.05) is 30.3 Å². The molecule has 0 spiro atoms. The monoisotopic (exact) mass is 614 g/mol. The molecule has 0 saturated carbocycles. The fourth-order valence-electron chi connectivity index (χ4n) is 4.42. The first kappa shape index (κ1) is 29.9. The van der Waals surface area contributed by atoms with Gasteiger partial charge >= 0.3 is 0 Å². The number of nitrogens with one attached hydrogen (secondary N) is 3. The predicted molar refractivity (Wildman–Crippen MR) is 171 cm³/mol. The van der Waals surface area contributed by atoms with Crippen molar-refractivity contribution in [1.29, 1.82) is 0 Å². The molecule has 0 aliphatic heterocycles. The van der Waals surface area contributed by atoms with Crippen LogP contribution in [0.1, 0.15) is 0 Å². The Kier molecular flexibility index (Phi) is 9.25. The lowest BCUT2D eigenvalue weighted by Gasteiger charge is -2.21. The predicted octanol–water partition coefficient (Wildman–Crippen LogP) is 5.11. The molecule has 5 rings (SSSR count). The highest BCUT2D eigenvalue weighted by molar-refractivity contribution is 7.74. The Labute approximate surface area is 255 Å². The molecule has 1 aromatic heterocycles. The number of benzene rings is 4. The minimum atomic E-state index is -3.25. The van der Waals surface area contributed by atoms with E-state index in [2.05, 4.69) is 20.9 Å². The summed E-state index contributed by atoms with van der Waals surface area (Å²) in [7, 11) is 1.36. The Hall–Kier alpha value is -5.56. The Balaban J connectivity index is 1.47. The SMILES string of the molecule is COc1cc(Nc2nc3ccccc3nc2N(c2cccc(NC(=O)CNc3ccccc3OC)c2)[SH](=O)=O)cc(OC)c1. The average Bonchev–Trinajstić information content (AvgIpc) is 3.04. The molecule has 0 bridgehead atoms. The lowest BCUT2D eigenvalue weighted by Crippen LogP contribution is -2.22. The zero-order valence-electron chi connectivity index (χ0n) is 24.1. The number of para-hydroxylation sites is 4. The number of nitrogens with zero attached hydrogens (tertiary/aromatic N) is 3. The van der Waals surface area contributed by atoms with Crippen LogP contribution in [0.25, 0.3) is 11.0 Å². The average molecular weight is 615 g/mol. The molecule has 44 heavy (non-hydrogen) atoms. The van der Waals surface area contributed by atoms with E-state index in [0.717, 1.165) is 4.31 Å². The highest BCUT2D eigenvalue weighted by Gasteiger charge is 2.21. The van der Waals surface area contributed by atoms with Gasteiger partial charge in [0.1, 0.15) is 17.2 Å². The smallest absolute Gasteiger partial charge is 0.243 e. The number of aromatic nitrogens is 2. The zero-order chi connectivity index (χ0) is 31.1. The third kappa shape index (κ3) is 6.90. The first-order chi connectivity index (χ1) is 21.4. The lowest BCUT2D eigenvalue weighted by molar-refractivity contribution is -0.114. The van der Waals surface area contributed by atoms with Crippen molar-refractivity contribution in [2.75, 3.05) is 48.1 Å². The van der Waals surface area contributed by atoms with Crippen molar-refractivity contribution in [2.45, 2.75) is 0 Å². The van der Waals surface area contributed by atoms with Crippen LogP contribution in [0.15, 0.2) is 91.0 Å². The number of anilines is 6. The van der Waals surface area contributed by atoms with Crippen molar-refractivity contribution in [3.05, 3.63) is 91.0 Å². The van der Waals surface area contributed by atoms with Crippen molar-refractivity contribution in [3.63, 3.8) is 0 Å². The van der Waals surface area contributed by atoms with Gasteiger partial charge in [0.2, 0.25) is 16.8 Å². The van der Waals surface area contributed by atoms with E-state index in [1.807, 2.05) is 18.2 Å². The summed E-state index contributed by atoms with van der Waals surface area (Å²) in [5, 5.41) is 9.02. The molecule has 0 fully saturated rings. The van der Waals surface area contributed by atoms with E-state index in [4.69, 9.17) is 19.2 Å². The molecule has 3 N–H and O–H groups in total. The lowest BCUT2D eigenvalue weighted by atomic mass is 10.2. The fourth-order valence-corrected chi connectivity index (χ4v) is 5.03. The highest BCUT2D eigenvalue weighted by Crippen LogP contribution is 2.36. The van der Waals surface area contributed by atoms with Gasteiger partial charge in [0, 0.05) is 29.6 Å². The second-order valence-corrected chi connectivity index (χ2v) is 10.2. The number of hydrogen-bond acceptors (Lipinski definition) is 10. The molecule has 0 radical (unpaired) electrons. The molecule has 12 nitrogen and oxygen atoms in total. The van der Waals surface area contributed by atoms with Gasteiger partial charge in [-0.15, -0.1) is 0 Å². The third-order valence-corrected chi connectivity index (χ3v) is 7.20. The summed E-state index contributed by atoms with van der Waals surface area (Å²) in [6, 6.07) is 26.0. The number of amides is 1. The summed E-state index contributed by atoms with van der Waals surface area (Å²) in [6.45, 7) is -0.0433. The molecule has 4 aromatic carbocycles. The van der Waals surface area contributed by atoms with Gasteiger partial charge in [0.15, 0.2) is 11.6 Å². The van der Waals surface area contributed by atoms with Crippen molar-refractivity contribution in [3.8, 4) is 17.2 Å². The molecule has 0 aliphatic rings. The molecular weight excluding hydrogens is 584 g/mol. The number of carbonyl (C=O) groups is 1. The Morgan fingerprint density at radius 3 is 2.14 bits per heavy atom. The van der Waals surface area contributed by atoms with Crippen molar-refractivity contribution in [2.24, 2.45) is 0 Å². The summed E-state index contributed by atoms with van der Waals surface area (Å²) < 4.78 is 42.7. The number of hydrogen-bond donors (Lipinski definition) is 4. The van der Waals surface area contributed by atoms with Crippen molar-refractivity contribution in [1.82, 2.24) is 9.97 Å². The van der Waals surface area contributed by atoms with E-state index < -0.39 is 10.9 Å². The van der Waals surface area contributed by atoms with E-state index in [1.54, 1.807) is 79.9 Å². The van der Waals surface area contributed by atoms with Crippen LogP contribution < -0.4 is 34.5 Å². The molecular formula is C31H30N6O6S. The number of methoxy groups -OCH3 is 3. The minimum absolute atomic E-state index is 0.0305. The van der Waals surface area contributed by atoms with E-state index in [-0.39, 0.29) is 29.8 Å². The van der Waals surface area contributed by atoms with Crippen LogP contribution >= 0.6 is 0 Å². The molecule has 226 valence electrons. The molecule has 1 heterocycles. The second kappa shape index (κ2) is 13.6. The van der Waals surface area contributed by atoms with Gasteiger partial charge in [0.25, 0.3) is 0 Å². The standard InChI is InChI=1S/C31H30N6O6S/c1-41-23-16-21(17-24(18-23)42-2)34-30-31(36-26-12-5-4-11-25(26)35-30)37(44(39)40)22-10-8-9-20(15-22)33-29(38)19-32-27-13-6-7-14-28(27)43-3/h4-18,32,44H,19H2,1-3H3,(H,33,38)(H,34,35). The van der Waals surface area contributed by atoms with Crippen LogP contribution in [0.4, 0.5) is 34.4 Å². The summed E-state index contributed by atoms with van der Waals surface area (Å²) in [4.78, 5) is 22.1. The van der Waals surface area contributed by atoms with Crippen molar-refractivity contribution < 1.29 is 27.4 Å². The number of ether oxygens (including phenoxy) is 3. The summed E-state index contributed by atoms with van der Waals surface area (Å²) in [6.07, 6.45) is 0. The van der Waals surface area contributed by atoms with E-state index in [0.29, 0.717) is 45.3 Å². The van der Waals surface area contributed by atoms with Gasteiger partial charge in [0.05, 0.1) is 50.3 Å². The molecule has 13 heteroatoms. The molecule has 0 unspecified atom stereocenters. The maximum atomic E-state index is 12.8. The first-order valence-corrected chi connectivity index (χ1v) is 14.5. The van der Waals surface area contributed by atoms with Crippen LogP contribution in [-0.2, 0) is 15.7 Å². The summed E-state index contributed by atoms with van der Waals surface area (Å²) in [5.74, 6) is 1.52. The maximum absolute atomic E-state index is 12.8. The zero-order valence-corrected chi connectivity index (χ0v) is 25.0. The van der Waals surface area contributed by atoms with Gasteiger partial charge in [-0.3, -0.25) is 4.79 Å². The van der Waals surface area contributed by atoms with Gasteiger partial charge in [-0.05, 0) is 42.5 Å². The molecule has 5 aromatic rings. The van der Waals surface area contributed by atoms with Crippen LogP contribution in [0.5, 0.6) is 17.2 Å². The van der Waals surface area contributed by atoms with Gasteiger partial charge < -0.3 is 30.2 Å². The first-order valence-electron chi connectivity index (χ1n) is 13.4. The largest absolute Gasteiger partial charge is 0.497 e.